The number of pyridine rings is 1. The maximum atomic E-state index is 12.5. The number of thioether (sulfide) groups is 1. The summed E-state index contributed by atoms with van der Waals surface area (Å²) in [5.74, 6) is 1.89. The van der Waals surface area contributed by atoms with Gasteiger partial charge in [-0.3, -0.25) is 0 Å². The molecule has 4 rings (SSSR count). The fraction of sp³-hybridized carbons (Fsp3) is 0.389. The van der Waals surface area contributed by atoms with Crippen molar-refractivity contribution in [3.63, 3.8) is 0 Å². The van der Waals surface area contributed by atoms with Crippen LogP contribution in [0.5, 0.6) is 11.5 Å². The lowest BCUT2D eigenvalue weighted by Crippen LogP contribution is -2.27. The molecule has 0 unspecified atom stereocenters. The lowest BCUT2D eigenvalue weighted by Gasteiger charge is -2.20. The molecule has 144 valence electrons. The van der Waals surface area contributed by atoms with Crippen molar-refractivity contribution >= 4 is 33.4 Å². The number of fused-ring (bicyclic) bond motifs is 1. The van der Waals surface area contributed by atoms with Crippen molar-refractivity contribution in [2.75, 3.05) is 26.3 Å². The van der Waals surface area contributed by atoms with Crippen LogP contribution in [0.4, 0.5) is 0 Å². The first-order chi connectivity index (χ1) is 13.0. The number of rotatable bonds is 5. The van der Waals surface area contributed by atoms with E-state index >= 15 is 0 Å². The number of hydrogen-bond donors (Lipinski definition) is 0. The van der Waals surface area contributed by atoms with Crippen LogP contribution in [0.1, 0.15) is 18.4 Å². The molecule has 2 aliphatic heterocycles. The van der Waals surface area contributed by atoms with Gasteiger partial charge in [0.25, 0.3) is 0 Å². The molecule has 0 atom stereocenters. The number of sulfonamides is 1. The van der Waals surface area contributed by atoms with Crippen LogP contribution < -0.4 is 9.47 Å². The summed E-state index contributed by atoms with van der Waals surface area (Å²) in [5, 5.41) is 1.28. The van der Waals surface area contributed by atoms with Gasteiger partial charge in [0, 0.05) is 25.0 Å². The molecule has 1 aromatic heterocycles. The van der Waals surface area contributed by atoms with Gasteiger partial charge in [0.15, 0.2) is 11.5 Å². The van der Waals surface area contributed by atoms with E-state index in [1.54, 1.807) is 12.1 Å². The van der Waals surface area contributed by atoms with Gasteiger partial charge in [0.2, 0.25) is 10.0 Å². The molecule has 3 heterocycles. The Morgan fingerprint density at radius 2 is 1.93 bits per heavy atom. The van der Waals surface area contributed by atoms with E-state index in [9.17, 15) is 8.42 Å². The molecular formula is C18H19ClN2O4S2. The van der Waals surface area contributed by atoms with Crippen molar-refractivity contribution in [3.05, 3.63) is 41.0 Å². The minimum absolute atomic E-state index is 0.246. The normalized spacial score (nSPS) is 17.2. The lowest BCUT2D eigenvalue weighted by atomic mass is 10.2. The minimum atomic E-state index is -3.42. The second kappa shape index (κ2) is 7.87. The first kappa shape index (κ1) is 18.9. The van der Waals surface area contributed by atoms with E-state index in [-0.39, 0.29) is 4.90 Å². The fourth-order valence-corrected chi connectivity index (χ4v) is 5.61. The number of halogens is 1. The number of hydrogen-bond acceptors (Lipinski definition) is 6. The summed E-state index contributed by atoms with van der Waals surface area (Å²) in [4.78, 5) is 4.56. The van der Waals surface area contributed by atoms with Crippen molar-refractivity contribution in [2.24, 2.45) is 0 Å². The van der Waals surface area contributed by atoms with Gasteiger partial charge in [-0.1, -0.05) is 11.6 Å². The van der Waals surface area contributed by atoms with Crippen LogP contribution in [0.2, 0.25) is 5.02 Å². The highest BCUT2D eigenvalue weighted by Gasteiger charge is 2.27. The zero-order chi connectivity index (χ0) is 18.9. The quantitative estimate of drug-likeness (QED) is 0.680. The summed E-state index contributed by atoms with van der Waals surface area (Å²) >= 11 is 7.77. The van der Waals surface area contributed by atoms with E-state index in [1.165, 1.54) is 22.3 Å². The molecular weight excluding hydrogens is 408 g/mol. The van der Waals surface area contributed by atoms with E-state index in [1.807, 2.05) is 12.1 Å². The van der Waals surface area contributed by atoms with Gasteiger partial charge in [-0.2, -0.15) is 4.31 Å². The molecule has 0 amide bonds. The van der Waals surface area contributed by atoms with Crippen LogP contribution in [-0.4, -0.2) is 44.0 Å². The molecule has 1 aromatic carbocycles. The molecule has 2 aliphatic rings. The predicted molar refractivity (Wildman–Crippen MR) is 104 cm³/mol. The smallest absolute Gasteiger partial charge is 0.244 e. The van der Waals surface area contributed by atoms with E-state index in [0.717, 1.165) is 23.4 Å². The molecule has 0 N–H and O–H groups in total. The van der Waals surface area contributed by atoms with Crippen molar-refractivity contribution in [1.29, 1.82) is 0 Å². The summed E-state index contributed by atoms with van der Waals surface area (Å²) in [6.45, 7) is 2.18. The Labute approximate surface area is 167 Å². The molecule has 0 aliphatic carbocycles. The molecule has 0 spiro atoms. The van der Waals surface area contributed by atoms with Gasteiger partial charge in [-0.05, 0) is 42.7 Å². The maximum Gasteiger partial charge on any atom is 0.244 e. The van der Waals surface area contributed by atoms with Gasteiger partial charge in [-0.15, -0.1) is 11.8 Å². The third-order valence-corrected chi connectivity index (χ3v) is 7.63. The van der Waals surface area contributed by atoms with Crippen LogP contribution in [0.15, 0.2) is 40.4 Å². The molecule has 0 saturated carbocycles. The second-order valence-electron chi connectivity index (χ2n) is 6.33. The Morgan fingerprint density at radius 3 is 2.67 bits per heavy atom. The van der Waals surface area contributed by atoms with Crippen LogP contribution in [0.3, 0.4) is 0 Å². The lowest BCUT2D eigenvalue weighted by molar-refractivity contribution is 0.171. The van der Waals surface area contributed by atoms with Crippen molar-refractivity contribution < 1.29 is 17.9 Å². The Balaban J connectivity index is 1.44. The van der Waals surface area contributed by atoms with Crippen molar-refractivity contribution in [3.8, 4) is 11.5 Å². The highest BCUT2D eigenvalue weighted by Crippen LogP contribution is 2.39. The Morgan fingerprint density at radius 1 is 1.15 bits per heavy atom. The first-order valence-corrected chi connectivity index (χ1v) is 11.5. The molecule has 27 heavy (non-hydrogen) atoms. The fourth-order valence-electron chi connectivity index (χ4n) is 3.09. The number of benzene rings is 1. The van der Waals surface area contributed by atoms with Gasteiger partial charge >= 0.3 is 0 Å². The van der Waals surface area contributed by atoms with Crippen LogP contribution in [0, 0.1) is 0 Å². The third kappa shape index (κ3) is 4.03. The van der Waals surface area contributed by atoms with E-state index < -0.39 is 10.0 Å². The Hall–Kier alpha value is -1.48. The van der Waals surface area contributed by atoms with Crippen LogP contribution >= 0.6 is 23.4 Å². The van der Waals surface area contributed by atoms with E-state index in [0.29, 0.717) is 48.6 Å². The van der Waals surface area contributed by atoms with Crippen molar-refractivity contribution in [2.45, 2.75) is 28.5 Å². The standard InChI is InChI=1S/C18H19ClN2O4S2/c19-15-9-13(10-16-18(15)25-8-7-24-16)12-26-17-4-3-14(11-20-17)27(22,23)21-5-1-2-6-21/h3-4,9-11H,1-2,5-8,12H2. The topological polar surface area (TPSA) is 68.7 Å². The molecule has 9 heteroatoms. The van der Waals surface area contributed by atoms with Gasteiger partial charge in [-0.25, -0.2) is 13.4 Å². The van der Waals surface area contributed by atoms with Crippen LogP contribution in [-0.2, 0) is 15.8 Å². The zero-order valence-electron chi connectivity index (χ0n) is 14.6. The number of nitrogens with zero attached hydrogens (tertiary/aromatic N) is 2. The summed E-state index contributed by atoms with van der Waals surface area (Å²) in [6.07, 6.45) is 3.27. The Bertz CT molecular complexity index is 929. The molecule has 6 nitrogen and oxygen atoms in total. The predicted octanol–water partition coefficient (Wildman–Crippen LogP) is 3.58. The monoisotopic (exact) mass is 426 g/mol. The zero-order valence-corrected chi connectivity index (χ0v) is 16.9. The largest absolute Gasteiger partial charge is 0.486 e. The molecule has 0 bridgehead atoms. The maximum absolute atomic E-state index is 12.5. The van der Waals surface area contributed by atoms with Gasteiger partial charge < -0.3 is 9.47 Å². The summed E-state index contributed by atoms with van der Waals surface area (Å²) in [6, 6.07) is 7.14. The summed E-state index contributed by atoms with van der Waals surface area (Å²) in [5.41, 5.74) is 0.991. The van der Waals surface area contributed by atoms with Crippen LogP contribution in [0.25, 0.3) is 0 Å². The number of ether oxygens (including phenoxy) is 2. The first-order valence-electron chi connectivity index (χ1n) is 8.71. The molecule has 0 radical (unpaired) electrons. The second-order valence-corrected chi connectivity index (χ2v) is 9.67. The van der Waals surface area contributed by atoms with Gasteiger partial charge in [0.1, 0.15) is 18.1 Å². The average Bonchev–Trinajstić information content (AvgIpc) is 3.22. The Kier molecular flexibility index (Phi) is 5.50. The molecule has 2 aromatic rings. The van der Waals surface area contributed by atoms with E-state index in [2.05, 4.69) is 4.98 Å². The van der Waals surface area contributed by atoms with E-state index in [4.69, 9.17) is 21.1 Å². The summed E-state index contributed by atoms with van der Waals surface area (Å²) < 4.78 is 37.7. The molecule has 1 fully saturated rings. The highest BCUT2D eigenvalue weighted by atomic mass is 35.5. The number of aromatic nitrogens is 1. The van der Waals surface area contributed by atoms with Crippen molar-refractivity contribution in [1.82, 2.24) is 9.29 Å². The molecule has 1 saturated heterocycles. The minimum Gasteiger partial charge on any atom is -0.486 e. The van der Waals surface area contributed by atoms with Gasteiger partial charge in [0.05, 0.1) is 10.0 Å². The highest BCUT2D eigenvalue weighted by molar-refractivity contribution is 7.98. The third-order valence-electron chi connectivity index (χ3n) is 4.46. The summed E-state index contributed by atoms with van der Waals surface area (Å²) in [7, 11) is -3.42. The SMILES string of the molecule is O=S(=O)(c1ccc(SCc2cc(Cl)c3c(c2)OCCO3)nc1)N1CCCC1. The average molecular weight is 427 g/mol.